The van der Waals surface area contributed by atoms with Crippen LogP contribution >= 0.6 is 11.6 Å². The van der Waals surface area contributed by atoms with Gasteiger partial charge in [0.25, 0.3) is 0 Å². The fourth-order valence-corrected chi connectivity index (χ4v) is 5.89. The molecule has 0 saturated carbocycles. The molecule has 7 rings (SSSR count). The summed E-state index contributed by atoms with van der Waals surface area (Å²) in [6.07, 6.45) is 4.91. The number of likely N-dealkylation sites (N-methyl/N-ethyl adjacent to an activating group) is 1. The maximum atomic E-state index is 12.0. The average Bonchev–Trinajstić information content (AvgIpc) is 3.25. The standard InChI is InChI=1S/C16H13ClN2O.C16H17NO3/c1-19-14-8-7-12(17)9-13(14)16(18-10-15(19)20)11-5-3-2-4-6-11;18-16-6-2-10-1-5-13(9-15(10)20-16)19-14-7-11-3-4-12(8-14)17-11/h2-9H,10H2,1H3;1-2,5-6,9,11-12,14,17H,3-4,7-8H2/t;11-,12+,14?. The van der Waals surface area contributed by atoms with Crippen LogP contribution in [0.4, 0.5) is 5.69 Å². The van der Waals surface area contributed by atoms with E-state index in [1.165, 1.54) is 18.9 Å². The second kappa shape index (κ2) is 11.3. The van der Waals surface area contributed by atoms with Crippen molar-refractivity contribution in [2.24, 2.45) is 4.99 Å². The van der Waals surface area contributed by atoms with Crippen molar-refractivity contribution in [3.05, 3.63) is 105 Å². The van der Waals surface area contributed by atoms with Crippen LogP contribution in [0.2, 0.25) is 5.02 Å². The molecule has 8 heteroatoms. The molecule has 0 spiro atoms. The first-order valence-electron chi connectivity index (χ1n) is 13.6. The van der Waals surface area contributed by atoms with E-state index in [1.54, 1.807) is 24.1 Å². The molecule has 2 saturated heterocycles. The van der Waals surface area contributed by atoms with E-state index in [0.717, 1.165) is 46.5 Å². The van der Waals surface area contributed by atoms with E-state index in [4.69, 9.17) is 20.8 Å². The summed E-state index contributed by atoms with van der Waals surface area (Å²) in [7, 11) is 1.76. The number of benzene rings is 3. The van der Waals surface area contributed by atoms with Gasteiger partial charge in [0.2, 0.25) is 5.91 Å². The van der Waals surface area contributed by atoms with Gasteiger partial charge in [-0.25, -0.2) is 4.79 Å². The van der Waals surface area contributed by atoms with Crippen LogP contribution in [0.15, 0.2) is 93.1 Å². The van der Waals surface area contributed by atoms with Gasteiger partial charge < -0.3 is 19.4 Å². The molecule has 1 aromatic heterocycles. The molecule has 3 aliphatic rings. The Hall–Kier alpha value is -3.94. The SMILES string of the molecule is CN1C(=O)CN=C(c2ccccc2)c2cc(Cl)ccc21.O=c1ccc2ccc(OC3C[C@H]4CC[C@@H](C3)N4)cc2o1. The van der Waals surface area contributed by atoms with Crippen LogP contribution in [0.5, 0.6) is 5.75 Å². The molecule has 4 heterocycles. The van der Waals surface area contributed by atoms with E-state index >= 15 is 0 Å². The van der Waals surface area contributed by atoms with Crippen molar-refractivity contribution in [3.8, 4) is 5.75 Å². The van der Waals surface area contributed by atoms with E-state index in [0.29, 0.717) is 22.7 Å². The van der Waals surface area contributed by atoms with Gasteiger partial charge in [-0.2, -0.15) is 0 Å². The lowest BCUT2D eigenvalue weighted by Gasteiger charge is -2.29. The number of carbonyl (C=O) groups excluding carboxylic acids is 1. The van der Waals surface area contributed by atoms with Crippen LogP contribution in [-0.4, -0.2) is 43.4 Å². The monoisotopic (exact) mass is 555 g/mol. The molecule has 1 amide bonds. The highest BCUT2D eigenvalue weighted by atomic mass is 35.5. The number of aliphatic imine (C=N–C) groups is 1. The van der Waals surface area contributed by atoms with Crippen LogP contribution < -0.4 is 20.6 Å². The first-order valence-corrected chi connectivity index (χ1v) is 13.9. The molecule has 2 fully saturated rings. The second-order valence-electron chi connectivity index (χ2n) is 10.4. The summed E-state index contributed by atoms with van der Waals surface area (Å²) in [5.41, 5.74) is 3.78. The number of amides is 1. The molecule has 204 valence electrons. The summed E-state index contributed by atoms with van der Waals surface area (Å²) in [5, 5.41) is 5.16. The first kappa shape index (κ1) is 26.3. The number of piperidine rings is 1. The highest BCUT2D eigenvalue weighted by Gasteiger charge is 2.34. The maximum absolute atomic E-state index is 12.0. The predicted molar refractivity (Wildman–Crippen MR) is 158 cm³/mol. The Kier molecular flexibility index (Phi) is 7.41. The van der Waals surface area contributed by atoms with Gasteiger partial charge in [0.15, 0.2) is 0 Å². The molecule has 1 unspecified atom stereocenters. The third kappa shape index (κ3) is 5.67. The molecule has 0 radical (unpaired) electrons. The summed E-state index contributed by atoms with van der Waals surface area (Å²) in [6, 6.07) is 25.5. The van der Waals surface area contributed by atoms with Gasteiger partial charge >= 0.3 is 5.63 Å². The molecule has 2 bridgehead atoms. The van der Waals surface area contributed by atoms with Gasteiger partial charge in [-0.3, -0.25) is 9.79 Å². The van der Waals surface area contributed by atoms with Crippen molar-refractivity contribution in [1.29, 1.82) is 0 Å². The quantitative estimate of drug-likeness (QED) is 0.332. The van der Waals surface area contributed by atoms with Gasteiger partial charge in [0.05, 0.1) is 11.4 Å². The summed E-state index contributed by atoms with van der Waals surface area (Å²) < 4.78 is 11.3. The normalized spacial score (nSPS) is 21.6. The first-order chi connectivity index (χ1) is 19.4. The minimum atomic E-state index is -0.324. The molecule has 0 aliphatic carbocycles. The maximum Gasteiger partial charge on any atom is 0.336 e. The van der Waals surface area contributed by atoms with Gasteiger partial charge in [-0.1, -0.05) is 41.9 Å². The Labute approximate surface area is 237 Å². The number of nitrogens with one attached hydrogen (secondary N) is 1. The molecule has 4 aromatic rings. The van der Waals surface area contributed by atoms with E-state index < -0.39 is 0 Å². The fourth-order valence-electron chi connectivity index (χ4n) is 5.71. The number of rotatable bonds is 3. The lowest BCUT2D eigenvalue weighted by atomic mass is 10.0. The van der Waals surface area contributed by atoms with Crippen molar-refractivity contribution in [2.75, 3.05) is 18.5 Å². The van der Waals surface area contributed by atoms with Gasteiger partial charge in [0.1, 0.15) is 24.0 Å². The summed E-state index contributed by atoms with van der Waals surface area (Å²) in [4.78, 5) is 29.4. The zero-order valence-corrected chi connectivity index (χ0v) is 22.9. The van der Waals surface area contributed by atoms with Crippen LogP contribution in [-0.2, 0) is 4.79 Å². The molecule has 3 aliphatic heterocycles. The van der Waals surface area contributed by atoms with Crippen molar-refractivity contribution in [2.45, 2.75) is 43.9 Å². The molecule has 3 aromatic carbocycles. The Bertz CT molecular complexity index is 1620. The minimum Gasteiger partial charge on any atom is -0.490 e. The van der Waals surface area contributed by atoms with Gasteiger partial charge in [0, 0.05) is 52.8 Å². The lowest BCUT2D eigenvalue weighted by Crippen LogP contribution is -2.42. The summed E-state index contributed by atoms with van der Waals surface area (Å²) in [6.45, 7) is 0.146. The Balaban J connectivity index is 0.000000145. The zero-order valence-electron chi connectivity index (χ0n) is 22.2. The summed E-state index contributed by atoms with van der Waals surface area (Å²) >= 11 is 6.11. The predicted octanol–water partition coefficient (Wildman–Crippen LogP) is 5.61. The fraction of sp³-hybridized carbons (Fsp3) is 0.281. The van der Waals surface area contributed by atoms with Crippen molar-refractivity contribution in [1.82, 2.24) is 5.32 Å². The second-order valence-corrected chi connectivity index (χ2v) is 10.9. The lowest BCUT2D eigenvalue weighted by molar-refractivity contribution is -0.116. The molecule has 1 N–H and O–H groups in total. The number of hydrogen-bond acceptors (Lipinski definition) is 6. The molecular formula is C32H30ClN3O4. The van der Waals surface area contributed by atoms with E-state index in [-0.39, 0.29) is 24.2 Å². The van der Waals surface area contributed by atoms with Crippen LogP contribution in [0, 0.1) is 0 Å². The topological polar surface area (TPSA) is 84.1 Å². The van der Waals surface area contributed by atoms with Crippen molar-refractivity contribution in [3.63, 3.8) is 0 Å². The largest absolute Gasteiger partial charge is 0.490 e. The number of ether oxygens (including phenoxy) is 1. The van der Waals surface area contributed by atoms with Gasteiger partial charge in [-0.15, -0.1) is 0 Å². The number of nitrogens with zero attached hydrogens (tertiary/aromatic N) is 2. The van der Waals surface area contributed by atoms with Gasteiger partial charge in [-0.05, 0) is 62.1 Å². The number of benzodiazepines with no additional fused rings is 1. The Morgan fingerprint density at radius 1 is 0.950 bits per heavy atom. The van der Waals surface area contributed by atoms with Crippen molar-refractivity contribution < 1.29 is 13.9 Å². The van der Waals surface area contributed by atoms with Crippen molar-refractivity contribution >= 4 is 39.9 Å². The molecule has 7 nitrogen and oxygen atoms in total. The summed E-state index contributed by atoms with van der Waals surface area (Å²) in [5.74, 6) is 0.762. The van der Waals surface area contributed by atoms with Crippen LogP contribution in [0.25, 0.3) is 11.0 Å². The number of hydrogen-bond donors (Lipinski definition) is 1. The third-order valence-corrected chi connectivity index (χ3v) is 7.93. The van der Waals surface area contributed by atoms with Crippen LogP contribution in [0.1, 0.15) is 36.8 Å². The molecule has 40 heavy (non-hydrogen) atoms. The minimum absolute atomic E-state index is 0.0282. The Morgan fingerprint density at radius 3 is 2.48 bits per heavy atom. The molecular weight excluding hydrogens is 526 g/mol. The highest BCUT2D eigenvalue weighted by molar-refractivity contribution is 6.32. The highest BCUT2D eigenvalue weighted by Crippen LogP contribution is 2.31. The van der Waals surface area contributed by atoms with E-state index in [2.05, 4.69) is 10.3 Å². The number of carbonyl (C=O) groups is 1. The number of halogens is 1. The third-order valence-electron chi connectivity index (χ3n) is 7.70. The number of anilines is 1. The van der Waals surface area contributed by atoms with E-state index in [9.17, 15) is 9.59 Å². The average molecular weight is 556 g/mol. The van der Waals surface area contributed by atoms with Crippen LogP contribution in [0.3, 0.4) is 0 Å². The Morgan fingerprint density at radius 2 is 1.70 bits per heavy atom. The van der Waals surface area contributed by atoms with E-state index in [1.807, 2.05) is 60.7 Å². The zero-order chi connectivity index (χ0) is 27.6. The number of fused-ring (bicyclic) bond motifs is 4. The molecule has 3 atom stereocenters. The smallest absolute Gasteiger partial charge is 0.336 e.